The highest BCUT2D eigenvalue weighted by atomic mass is 79.9. The number of rotatable bonds is 8. The minimum Gasteiger partial charge on any atom is -0.303 e. The van der Waals surface area contributed by atoms with Crippen molar-refractivity contribution in [2.45, 2.75) is 54.8 Å². The smallest absolute Gasteiger partial charge is 0.192 e. The van der Waals surface area contributed by atoms with Gasteiger partial charge in [0.15, 0.2) is 7.59 Å². The minimum absolute atomic E-state index is 0.142. The Kier molecular flexibility index (Phi) is 11.0. The van der Waals surface area contributed by atoms with Crippen LogP contribution in [0.5, 0.6) is 0 Å². The summed E-state index contributed by atoms with van der Waals surface area (Å²) >= 11 is 50.1. The molecule has 0 aromatic carbocycles. The Labute approximate surface area is 173 Å². The van der Waals surface area contributed by atoms with Gasteiger partial charge >= 0.3 is 0 Å². The second-order valence-electron chi connectivity index (χ2n) is 4.76. The summed E-state index contributed by atoms with van der Waals surface area (Å²) in [5.41, 5.74) is 0. The predicted octanol–water partition coefficient (Wildman–Crippen LogP) is 7.22. The zero-order valence-corrected chi connectivity index (χ0v) is 18.2. The summed E-state index contributed by atoms with van der Waals surface area (Å²) in [5, 5.41) is -0.901. The maximum Gasteiger partial charge on any atom is 0.192 e. The zero-order chi connectivity index (χ0) is 16.9. The van der Waals surface area contributed by atoms with Gasteiger partial charge in [-0.05, 0) is 12.8 Å². The van der Waals surface area contributed by atoms with Crippen molar-refractivity contribution in [2.75, 3.05) is 0 Å². The van der Waals surface area contributed by atoms with Crippen molar-refractivity contribution < 1.29 is 4.79 Å². The van der Waals surface area contributed by atoms with E-state index >= 15 is 0 Å². The second kappa shape index (κ2) is 9.82. The van der Waals surface area contributed by atoms with E-state index in [9.17, 15) is 4.79 Å². The number of hydrogen-bond acceptors (Lipinski definition) is 1. The van der Waals surface area contributed by atoms with Crippen LogP contribution in [0.15, 0.2) is 0 Å². The third-order valence-corrected chi connectivity index (χ3v) is 5.04. The van der Waals surface area contributed by atoms with Crippen molar-refractivity contribution in [1.29, 1.82) is 0 Å². The first-order valence-corrected chi connectivity index (χ1v) is 9.74. The van der Waals surface area contributed by atoms with E-state index in [1.807, 2.05) is 0 Å². The Morgan fingerprint density at radius 1 is 0.810 bits per heavy atom. The molecule has 0 aliphatic carbocycles. The molecule has 0 aromatic rings. The molecule has 0 N–H and O–H groups in total. The molecule has 126 valence electrons. The largest absolute Gasteiger partial charge is 0.303 e. The SMILES string of the molecule is O=CCC(Br)(CC(Cl)CC(Cl)(Cl)Cl)CC(Cl)CC(Cl)(Cl)Cl. The molecule has 0 spiro atoms. The van der Waals surface area contributed by atoms with Crippen LogP contribution >= 0.6 is 109 Å². The molecule has 0 radical (unpaired) electrons. The Bertz CT molecular complexity index is 303. The van der Waals surface area contributed by atoms with E-state index in [0.717, 1.165) is 6.29 Å². The third kappa shape index (κ3) is 13.4. The van der Waals surface area contributed by atoms with Crippen molar-refractivity contribution in [2.24, 2.45) is 0 Å². The van der Waals surface area contributed by atoms with Crippen LogP contribution in [0.3, 0.4) is 0 Å². The molecule has 0 aliphatic rings. The van der Waals surface area contributed by atoms with Gasteiger partial charge in [0.2, 0.25) is 0 Å². The molecule has 0 heterocycles. The van der Waals surface area contributed by atoms with Crippen molar-refractivity contribution in [3.8, 4) is 0 Å². The molecule has 0 bridgehead atoms. The summed E-state index contributed by atoms with van der Waals surface area (Å²) in [5.74, 6) is 0. The maximum atomic E-state index is 10.9. The molecule has 21 heavy (non-hydrogen) atoms. The number of halogens is 9. The molecule has 0 amide bonds. The molecular weight excluding hydrogens is 512 g/mol. The summed E-state index contributed by atoms with van der Waals surface area (Å²) in [6.07, 6.45) is 2.01. The van der Waals surface area contributed by atoms with E-state index in [2.05, 4.69) is 15.9 Å². The Balaban J connectivity index is 4.71. The fraction of sp³-hybridized carbons (Fsp3) is 0.909. The molecule has 0 aliphatic heterocycles. The van der Waals surface area contributed by atoms with Crippen LogP contribution in [0, 0.1) is 0 Å². The lowest BCUT2D eigenvalue weighted by Gasteiger charge is -2.31. The van der Waals surface area contributed by atoms with Gasteiger partial charge in [-0.2, -0.15) is 0 Å². The highest BCUT2D eigenvalue weighted by Gasteiger charge is 2.36. The minimum atomic E-state index is -1.46. The van der Waals surface area contributed by atoms with Crippen LogP contribution in [0.1, 0.15) is 32.1 Å². The second-order valence-corrected chi connectivity index (χ2v) is 12.7. The predicted molar refractivity (Wildman–Crippen MR) is 101 cm³/mol. The van der Waals surface area contributed by atoms with Crippen molar-refractivity contribution in [3.05, 3.63) is 0 Å². The molecular formula is C11H13BrCl8O. The zero-order valence-electron chi connectivity index (χ0n) is 10.6. The first kappa shape index (κ1) is 23.5. The molecule has 2 atom stereocenters. The summed E-state index contributed by atoms with van der Waals surface area (Å²) < 4.78 is -3.56. The van der Waals surface area contributed by atoms with Crippen LogP contribution < -0.4 is 0 Å². The molecule has 1 nitrogen and oxygen atoms in total. The monoisotopic (exact) mass is 520 g/mol. The van der Waals surface area contributed by atoms with Gasteiger partial charge in [-0.1, -0.05) is 85.5 Å². The van der Waals surface area contributed by atoms with Gasteiger partial charge < -0.3 is 4.79 Å². The molecule has 0 aromatic heterocycles. The molecule has 0 saturated heterocycles. The van der Waals surface area contributed by atoms with Gasteiger partial charge in [-0.15, -0.1) is 23.2 Å². The third-order valence-electron chi connectivity index (χ3n) is 2.53. The Morgan fingerprint density at radius 2 is 1.14 bits per heavy atom. The average Bonchev–Trinajstić information content (AvgIpc) is 2.08. The van der Waals surface area contributed by atoms with E-state index in [1.165, 1.54) is 0 Å². The summed E-state index contributed by atoms with van der Waals surface area (Å²) in [7, 11) is 0. The van der Waals surface area contributed by atoms with E-state index in [1.54, 1.807) is 0 Å². The van der Waals surface area contributed by atoms with Crippen molar-refractivity contribution >= 4 is 115 Å². The van der Waals surface area contributed by atoms with Gasteiger partial charge in [0, 0.05) is 34.3 Å². The number of aldehydes is 1. The van der Waals surface area contributed by atoms with E-state index in [-0.39, 0.29) is 19.3 Å². The first-order valence-electron chi connectivity index (χ1n) is 5.80. The highest BCUT2D eigenvalue weighted by Crippen LogP contribution is 2.43. The first-order chi connectivity index (χ1) is 9.26. The Morgan fingerprint density at radius 3 is 1.38 bits per heavy atom. The topological polar surface area (TPSA) is 17.1 Å². The van der Waals surface area contributed by atoms with Crippen LogP contribution in [0.4, 0.5) is 0 Å². The number of carbonyl (C=O) groups excluding carboxylic acids is 1. The van der Waals surface area contributed by atoms with E-state index in [4.69, 9.17) is 92.8 Å². The normalized spacial score (nSPS) is 18.9. The molecule has 2 unspecified atom stereocenters. The van der Waals surface area contributed by atoms with Gasteiger partial charge in [0.1, 0.15) is 6.29 Å². The van der Waals surface area contributed by atoms with Crippen LogP contribution in [0.2, 0.25) is 0 Å². The van der Waals surface area contributed by atoms with Crippen molar-refractivity contribution in [1.82, 2.24) is 0 Å². The highest BCUT2D eigenvalue weighted by molar-refractivity contribution is 9.10. The van der Waals surface area contributed by atoms with Crippen LogP contribution in [-0.2, 0) is 4.79 Å². The lowest BCUT2D eigenvalue weighted by Crippen LogP contribution is -2.31. The number of hydrogen-bond donors (Lipinski definition) is 0. The summed E-state index contributed by atoms with van der Waals surface area (Å²) in [4.78, 5) is 10.9. The Hall–Kier alpha value is 2.47. The maximum absolute atomic E-state index is 10.9. The fourth-order valence-corrected chi connectivity index (χ4v) is 5.77. The molecule has 0 rings (SSSR count). The van der Waals surface area contributed by atoms with Crippen LogP contribution in [0.25, 0.3) is 0 Å². The average molecular weight is 525 g/mol. The van der Waals surface area contributed by atoms with E-state index in [0.29, 0.717) is 12.8 Å². The quantitative estimate of drug-likeness (QED) is 0.242. The number of alkyl halides is 9. The lowest BCUT2D eigenvalue weighted by molar-refractivity contribution is -0.108. The van der Waals surface area contributed by atoms with Crippen molar-refractivity contribution in [3.63, 3.8) is 0 Å². The van der Waals surface area contributed by atoms with Gasteiger partial charge in [-0.25, -0.2) is 0 Å². The number of carbonyl (C=O) groups is 1. The standard InChI is InChI=1S/C11H13BrCl8O/c12-9(1-2-21,3-7(13)5-10(15,16)17)4-8(14)6-11(18,19)20/h2,7-8H,1,3-6H2. The van der Waals surface area contributed by atoms with Gasteiger partial charge in [0.05, 0.1) is 0 Å². The fourth-order valence-electron chi connectivity index (χ4n) is 1.84. The molecule has 0 fully saturated rings. The van der Waals surface area contributed by atoms with Crippen LogP contribution in [-0.4, -0.2) is 28.9 Å². The summed E-state index contributed by atoms with van der Waals surface area (Å²) in [6, 6.07) is 0. The molecule has 0 saturated carbocycles. The van der Waals surface area contributed by atoms with E-state index < -0.39 is 22.7 Å². The molecule has 10 heteroatoms. The lowest BCUT2D eigenvalue weighted by atomic mass is 9.92. The van der Waals surface area contributed by atoms with Gasteiger partial charge in [-0.3, -0.25) is 0 Å². The van der Waals surface area contributed by atoms with Gasteiger partial charge in [0.25, 0.3) is 0 Å². The summed E-state index contributed by atoms with van der Waals surface area (Å²) in [6.45, 7) is 0.